The smallest absolute Gasteiger partial charge is 0.254 e. The molecule has 0 atom stereocenters. The monoisotopic (exact) mass is 374 g/mol. The molecule has 6 nitrogen and oxygen atoms in total. The van der Waals surface area contributed by atoms with Gasteiger partial charge in [0.2, 0.25) is 5.91 Å². The third kappa shape index (κ3) is 5.07. The Morgan fingerprint density at radius 3 is 2.56 bits per heavy atom. The van der Waals surface area contributed by atoms with Gasteiger partial charge in [-0.3, -0.25) is 19.5 Å². The Morgan fingerprint density at radius 2 is 1.89 bits per heavy atom. The van der Waals surface area contributed by atoms with Crippen molar-refractivity contribution in [1.29, 1.82) is 0 Å². The number of halogens is 2. The van der Waals surface area contributed by atoms with Crippen LogP contribution in [0.4, 0.5) is 8.78 Å². The van der Waals surface area contributed by atoms with Crippen LogP contribution >= 0.6 is 0 Å². The second-order valence-electron chi connectivity index (χ2n) is 6.33. The van der Waals surface area contributed by atoms with Crippen LogP contribution in [0, 0.1) is 11.6 Å². The first-order valence-corrected chi connectivity index (χ1v) is 8.65. The summed E-state index contributed by atoms with van der Waals surface area (Å²) < 4.78 is 26.5. The molecule has 3 rings (SSSR count). The third-order valence-electron chi connectivity index (χ3n) is 4.43. The number of hydrogen-bond acceptors (Lipinski definition) is 4. The van der Waals surface area contributed by atoms with Crippen LogP contribution < -0.4 is 5.32 Å². The summed E-state index contributed by atoms with van der Waals surface area (Å²) in [6.07, 6.45) is 3.55. The Morgan fingerprint density at radius 1 is 1.11 bits per heavy atom. The van der Waals surface area contributed by atoms with Crippen LogP contribution in [0.3, 0.4) is 0 Å². The van der Waals surface area contributed by atoms with Crippen molar-refractivity contribution in [2.45, 2.75) is 6.54 Å². The van der Waals surface area contributed by atoms with Gasteiger partial charge in [0.05, 0.1) is 12.1 Å². The summed E-state index contributed by atoms with van der Waals surface area (Å²) in [6, 6.07) is 6.59. The third-order valence-corrected chi connectivity index (χ3v) is 4.43. The van der Waals surface area contributed by atoms with Crippen molar-refractivity contribution in [3.8, 4) is 0 Å². The van der Waals surface area contributed by atoms with E-state index in [2.05, 4.69) is 15.2 Å². The summed E-state index contributed by atoms with van der Waals surface area (Å²) >= 11 is 0. The first-order valence-electron chi connectivity index (χ1n) is 8.65. The van der Waals surface area contributed by atoms with Gasteiger partial charge in [0.1, 0.15) is 11.6 Å². The fraction of sp³-hybridized carbons (Fsp3) is 0.316. The van der Waals surface area contributed by atoms with Crippen molar-refractivity contribution in [1.82, 2.24) is 20.1 Å². The van der Waals surface area contributed by atoms with E-state index < -0.39 is 17.5 Å². The minimum absolute atomic E-state index is 0.224. The normalized spacial score (nSPS) is 14.8. The number of piperazine rings is 1. The Hall–Kier alpha value is -2.87. The molecule has 0 aliphatic carbocycles. The SMILES string of the molecule is O=C(NCC(=O)N1CCN(Cc2cccnc2)CC1)c1ccc(F)cc1F. The van der Waals surface area contributed by atoms with Gasteiger partial charge in [-0.05, 0) is 23.8 Å². The van der Waals surface area contributed by atoms with Crippen molar-refractivity contribution in [3.05, 3.63) is 65.5 Å². The number of carbonyl (C=O) groups excluding carboxylic acids is 2. The summed E-state index contributed by atoms with van der Waals surface area (Å²) in [7, 11) is 0. The lowest BCUT2D eigenvalue weighted by molar-refractivity contribution is -0.131. The fourth-order valence-corrected chi connectivity index (χ4v) is 2.94. The van der Waals surface area contributed by atoms with Crippen LogP contribution in [0.5, 0.6) is 0 Å². The molecular weight excluding hydrogens is 354 g/mol. The van der Waals surface area contributed by atoms with E-state index in [4.69, 9.17) is 0 Å². The molecule has 8 heteroatoms. The lowest BCUT2D eigenvalue weighted by Crippen LogP contribution is -2.50. The molecule has 142 valence electrons. The molecule has 0 bridgehead atoms. The largest absolute Gasteiger partial charge is 0.343 e. The van der Waals surface area contributed by atoms with E-state index in [1.54, 1.807) is 11.1 Å². The molecule has 0 spiro atoms. The summed E-state index contributed by atoms with van der Waals surface area (Å²) in [6.45, 7) is 3.11. The first kappa shape index (κ1) is 18.9. The van der Waals surface area contributed by atoms with Crippen LogP contribution in [0.15, 0.2) is 42.7 Å². The zero-order valence-corrected chi connectivity index (χ0v) is 14.7. The van der Waals surface area contributed by atoms with Crippen LogP contribution in [0.1, 0.15) is 15.9 Å². The predicted molar refractivity (Wildman–Crippen MR) is 94.8 cm³/mol. The number of pyridine rings is 1. The van der Waals surface area contributed by atoms with Crippen LogP contribution in [-0.2, 0) is 11.3 Å². The van der Waals surface area contributed by atoms with Crippen molar-refractivity contribution in [3.63, 3.8) is 0 Å². The van der Waals surface area contributed by atoms with Crippen molar-refractivity contribution in [2.75, 3.05) is 32.7 Å². The topological polar surface area (TPSA) is 65.5 Å². The van der Waals surface area contributed by atoms with E-state index in [0.29, 0.717) is 19.2 Å². The fourth-order valence-electron chi connectivity index (χ4n) is 2.94. The molecule has 1 aliphatic rings. The molecule has 27 heavy (non-hydrogen) atoms. The van der Waals surface area contributed by atoms with Gasteiger partial charge in [-0.15, -0.1) is 0 Å². The molecule has 0 radical (unpaired) electrons. The summed E-state index contributed by atoms with van der Waals surface area (Å²) in [5, 5.41) is 2.39. The Bertz CT molecular complexity index is 809. The molecule has 1 N–H and O–H groups in total. The first-order chi connectivity index (χ1) is 13.0. The Balaban J connectivity index is 1.45. The van der Waals surface area contributed by atoms with E-state index in [9.17, 15) is 18.4 Å². The van der Waals surface area contributed by atoms with Crippen molar-refractivity contribution >= 4 is 11.8 Å². The molecule has 0 saturated carbocycles. The second-order valence-corrected chi connectivity index (χ2v) is 6.33. The zero-order valence-electron chi connectivity index (χ0n) is 14.7. The van der Waals surface area contributed by atoms with Crippen molar-refractivity contribution in [2.24, 2.45) is 0 Å². The minimum Gasteiger partial charge on any atom is -0.343 e. The second kappa shape index (κ2) is 8.68. The van der Waals surface area contributed by atoms with Gasteiger partial charge in [0.15, 0.2) is 0 Å². The number of carbonyl (C=O) groups is 2. The molecule has 1 fully saturated rings. The quantitative estimate of drug-likeness (QED) is 0.860. The van der Waals surface area contributed by atoms with Gasteiger partial charge in [0.25, 0.3) is 5.91 Å². The molecular formula is C19H20F2N4O2. The maximum Gasteiger partial charge on any atom is 0.254 e. The maximum atomic E-state index is 13.6. The standard InChI is InChI=1S/C19H20F2N4O2/c20-15-3-4-16(17(21)10-15)19(27)23-12-18(26)25-8-6-24(7-9-25)13-14-2-1-5-22-11-14/h1-5,10-11H,6-9,12-13H2,(H,23,27). The molecule has 1 aliphatic heterocycles. The molecule has 1 aromatic carbocycles. The van der Waals surface area contributed by atoms with E-state index in [-0.39, 0.29) is 18.0 Å². The van der Waals surface area contributed by atoms with Crippen molar-refractivity contribution < 1.29 is 18.4 Å². The van der Waals surface area contributed by atoms with Gasteiger partial charge >= 0.3 is 0 Å². The molecule has 1 saturated heterocycles. The molecule has 0 unspecified atom stereocenters. The van der Waals surface area contributed by atoms with E-state index in [1.165, 1.54) is 0 Å². The maximum absolute atomic E-state index is 13.6. The highest BCUT2D eigenvalue weighted by molar-refractivity contribution is 5.96. The predicted octanol–water partition coefficient (Wildman–Crippen LogP) is 1.43. The zero-order chi connectivity index (χ0) is 19.2. The average Bonchev–Trinajstić information content (AvgIpc) is 2.67. The van der Waals surface area contributed by atoms with E-state index in [0.717, 1.165) is 37.3 Å². The van der Waals surface area contributed by atoms with Gasteiger partial charge in [0, 0.05) is 51.2 Å². The number of nitrogens with one attached hydrogen (secondary N) is 1. The number of benzene rings is 1. The Kier molecular flexibility index (Phi) is 6.08. The van der Waals surface area contributed by atoms with Gasteiger partial charge < -0.3 is 10.2 Å². The van der Waals surface area contributed by atoms with Crippen LogP contribution in [0.25, 0.3) is 0 Å². The van der Waals surface area contributed by atoms with Crippen LogP contribution in [-0.4, -0.2) is 59.3 Å². The Labute approximate surface area is 155 Å². The summed E-state index contributed by atoms with van der Waals surface area (Å²) in [5.41, 5.74) is 0.830. The molecule has 1 aromatic heterocycles. The highest BCUT2D eigenvalue weighted by Crippen LogP contribution is 2.10. The number of amides is 2. The lowest BCUT2D eigenvalue weighted by Gasteiger charge is -2.34. The van der Waals surface area contributed by atoms with Gasteiger partial charge in [-0.25, -0.2) is 8.78 Å². The minimum atomic E-state index is -0.955. The highest BCUT2D eigenvalue weighted by Gasteiger charge is 2.22. The number of aromatic nitrogens is 1. The average molecular weight is 374 g/mol. The highest BCUT2D eigenvalue weighted by atomic mass is 19.1. The lowest BCUT2D eigenvalue weighted by atomic mass is 10.2. The molecule has 2 aromatic rings. The summed E-state index contributed by atoms with van der Waals surface area (Å²) in [4.78, 5) is 32.2. The van der Waals surface area contributed by atoms with Gasteiger partial charge in [-0.2, -0.15) is 0 Å². The number of hydrogen-bond donors (Lipinski definition) is 1. The van der Waals surface area contributed by atoms with Gasteiger partial charge in [-0.1, -0.05) is 6.07 Å². The number of rotatable bonds is 5. The molecule has 2 amide bonds. The summed E-state index contributed by atoms with van der Waals surface area (Å²) in [5.74, 6) is -2.68. The molecule has 2 heterocycles. The number of nitrogens with zero attached hydrogens (tertiary/aromatic N) is 3. The van der Waals surface area contributed by atoms with E-state index >= 15 is 0 Å². The van der Waals surface area contributed by atoms with E-state index in [1.807, 2.05) is 18.3 Å². The van der Waals surface area contributed by atoms with Crippen LogP contribution in [0.2, 0.25) is 0 Å².